The monoisotopic (exact) mass is 290 g/mol. The minimum absolute atomic E-state index is 0.0420. The van der Waals surface area contributed by atoms with Crippen LogP contribution in [0.25, 0.3) is 0 Å². The summed E-state index contributed by atoms with van der Waals surface area (Å²) in [5, 5.41) is 3.08. The number of amides is 1. The van der Waals surface area contributed by atoms with Crippen molar-refractivity contribution in [3.8, 4) is 11.5 Å². The maximum Gasteiger partial charge on any atom is 0.255 e. The van der Waals surface area contributed by atoms with E-state index in [0.717, 1.165) is 12.8 Å². The average molecular weight is 290 g/mol. The molecule has 1 amide bonds. The Bertz CT molecular complexity index is 512. The summed E-state index contributed by atoms with van der Waals surface area (Å²) in [4.78, 5) is 12.5. The number of hydrogen-bond donors (Lipinski definition) is 2. The first-order valence-electron chi connectivity index (χ1n) is 7.69. The van der Waals surface area contributed by atoms with E-state index in [0.29, 0.717) is 42.7 Å². The number of benzene rings is 1. The van der Waals surface area contributed by atoms with Crippen molar-refractivity contribution in [3.63, 3.8) is 0 Å². The summed E-state index contributed by atoms with van der Waals surface area (Å²) in [5.74, 6) is 1.55. The summed E-state index contributed by atoms with van der Waals surface area (Å²) in [5.41, 5.74) is 6.38. The number of nitrogens with two attached hydrogens (primary N) is 1. The van der Waals surface area contributed by atoms with Crippen molar-refractivity contribution in [1.82, 2.24) is 5.32 Å². The molecule has 1 atom stereocenters. The van der Waals surface area contributed by atoms with Gasteiger partial charge in [0.2, 0.25) is 0 Å². The van der Waals surface area contributed by atoms with Crippen molar-refractivity contribution < 1.29 is 14.3 Å². The molecule has 3 N–H and O–H groups in total. The third-order valence-corrected chi connectivity index (χ3v) is 4.35. The molecule has 0 aromatic heterocycles. The van der Waals surface area contributed by atoms with Crippen LogP contribution in [0.1, 0.15) is 36.0 Å². The van der Waals surface area contributed by atoms with Gasteiger partial charge in [-0.3, -0.25) is 4.79 Å². The molecule has 5 nitrogen and oxygen atoms in total. The Hall–Kier alpha value is -1.75. The Balaban J connectivity index is 1.75. The molecule has 1 fully saturated rings. The van der Waals surface area contributed by atoms with Crippen LogP contribution in [-0.4, -0.2) is 31.7 Å². The summed E-state index contributed by atoms with van der Waals surface area (Å²) < 4.78 is 11.1. The Morgan fingerprint density at radius 1 is 1.29 bits per heavy atom. The normalized spacial score (nSPS) is 19.3. The molecule has 1 aromatic rings. The molecular formula is C16H22N2O3. The number of rotatable bonds is 4. The number of carbonyl (C=O) groups excluding carboxylic acids is 1. The van der Waals surface area contributed by atoms with Gasteiger partial charge in [-0.05, 0) is 30.9 Å². The maximum absolute atomic E-state index is 12.5. The first kappa shape index (κ1) is 14.2. The topological polar surface area (TPSA) is 73.6 Å². The number of para-hydroxylation sites is 1. The van der Waals surface area contributed by atoms with E-state index in [1.807, 2.05) is 12.1 Å². The predicted octanol–water partition coefficient (Wildman–Crippen LogP) is 1.71. The van der Waals surface area contributed by atoms with E-state index in [1.165, 1.54) is 12.8 Å². The molecule has 0 radical (unpaired) electrons. The number of hydrogen-bond acceptors (Lipinski definition) is 4. The molecule has 3 rings (SSSR count). The standard InChI is InChI=1S/C16H22N2O3/c17-10-13(11-4-1-2-5-11)18-16(19)12-6-3-7-14-15(12)21-9-8-20-14/h3,6-7,11,13H,1-2,4-5,8-10,17H2,(H,18,19). The van der Waals surface area contributed by atoms with Crippen LogP contribution in [0.5, 0.6) is 11.5 Å². The zero-order valence-electron chi connectivity index (χ0n) is 12.1. The molecular weight excluding hydrogens is 268 g/mol. The van der Waals surface area contributed by atoms with Crippen LogP contribution in [0, 0.1) is 5.92 Å². The van der Waals surface area contributed by atoms with E-state index in [1.54, 1.807) is 6.07 Å². The quantitative estimate of drug-likeness (QED) is 0.885. The highest BCUT2D eigenvalue weighted by Crippen LogP contribution is 2.34. The summed E-state index contributed by atoms with van der Waals surface area (Å²) >= 11 is 0. The second-order valence-corrected chi connectivity index (χ2v) is 5.69. The van der Waals surface area contributed by atoms with Gasteiger partial charge in [-0.25, -0.2) is 0 Å². The highest BCUT2D eigenvalue weighted by atomic mass is 16.6. The molecule has 21 heavy (non-hydrogen) atoms. The Morgan fingerprint density at radius 3 is 2.81 bits per heavy atom. The first-order valence-corrected chi connectivity index (χ1v) is 7.69. The second kappa shape index (κ2) is 6.35. The maximum atomic E-state index is 12.5. The fourth-order valence-corrected chi connectivity index (χ4v) is 3.23. The van der Waals surface area contributed by atoms with Crippen molar-refractivity contribution in [3.05, 3.63) is 23.8 Å². The Labute approximate surface area is 124 Å². The molecule has 1 aromatic carbocycles. The molecule has 1 heterocycles. The van der Waals surface area contributed by atoms with Crippen LogP contribution in [0.15, 0.2) is 18.2 Å². The first-order chi connectivity index (χ1) is 10.3. The van der Waals surface area contributed by atoms with Gasteiger partial charge in [0, 0.05) is 12.6 Å². The lowest BCUT2D eigenvalue weighted by Gasteiger charge is -2.25. The Kier molecular flexibility index (Phi) is 4.29. The van der Waals surface area contributed by atoms with Crippen LogP contribution < -0.4 is 20.5 Å². The lowest BCUT2D eigenvalue weighted by atomic mass is 9.97. The van der Waals surface area contributed by atoms with Gasteiger partial charge in [-0.2, -0.15) is 0 Å². The number of carbonyl (C=O) groups is 1. The zero-order chi connectivity index (χ0) is 14.7. The smallest absolute Gasteiger partial charge is 0.255 e. The fraction of sp³-hybridized carbons (Fsp3) is 0.562. The largest absolute Gasteiger partial charge is 0.486 e. The summed E-state index contributed by atoms with van der Waals surface area (Å²) in [7, 11) is 0. The van der Waals surface area contributed by atoms with Gasteiger partial charge in [-0.1, -0.05) is 18.9 Å². The van der Waals surface area contributed by atoms with Crippen molar-refractivity contribution in [2.45, 2.75) is 31.7 Å². The highest BCUT2D eigenvalue weighted by molar-refractivity contribution is 5.98. The molecule has 0 saturated heterocycles. The zero-order valence-corrected chi connectivity index (χ0v) is 12.1. The lowest BCUT2D eigenvalue weighted by Crippen LogP contribution is -2.44. The molecule has 1 unspecified atom stereocenters. The summed E-state index contributed by atoms with van der Waals surface area (Å²) in [6.45, 7) is 1.47. The van der Waals surface area contributed by atoms with Gasteiger partial charge >= 0.3 is 0 Å². The van der Waals surface area contributed by atoms with E-state index in [-0.39, 0.29) is 11.9 Å². The SMILES string of the molecule is NCC(NC(=O)c1cccc2c1OCCO2)C1CCCC1. The van der Waals surface area contributed by atoms with Crippen molar-refractivity contribution in [1.29, 1.82) is 0 Å². The lowest BCUT2D eigenvalue weighted by molar-refractivity contribution is 0.0913. The fourth-order valence-electron chi connectivity index (χ4n) is 3.23. The molecule has 1 saturated carbocycles. The van der Waals surface area contributed by atoms with Gasteiger partial charge < -0.3 is 20.5 Å². The number of fused-ring (bicyclic) bond motifs is 1. The van der Waals surface area contributed by atoms with Gasteiger partial charge in [0.1, 0.15) is 13.2 Å². The summed E-state index contributed by atoms with van der Waals surface area (Å²) in [6.07, 6.45) is 4.76. The van der Waals surface area contributed by atoms with E-state index in [2.05, 4.69) is 5.32 Å². The van der Waals surface area contributed by atoms with Crippen LogP contribution in [0.2, 0.25) is 0 Å². The van der Waals surface area contributed by atoms with Crippen molar-refractivity contribution in [2.24, 2.45) is 11.7 Å². The molecule has 1 aliphatic carbocycles. The molecule has 5 heteroatoms. The minimum Gasteiger partial charge on any atom is -0.486 e. The van der Waals surface area contributed by atoms with Gasteiger partial charge in [-0.15, -0.1) is 0 Å². The van der Waals surface area contributed by atoms with E-state index < -0.39 is 0 Å². The second-order valence-electron chi connectivity index (χ2n) is 5.69. The van der Waals surface area contributed by atoms with Crippen LogP contribution in [0.4, 0.5) is 0 Å². The van der Waals surface area contributed by atoms with Gasteiger partial charge in [0.05, 0.1) is 5.56 Å². The highest BCUT2D eigenvalue weighted by Gasteiger charge is 2.27. The Morgan fingerprint density at radius 2 is 2.05 bits per heavy atom. The molecule has 114 valence electrons. The predicted molar refractivity (Wildman–Crippen MR) is 79.7 cm³/mol. The minimum atomic E-state index is -0.125. The van der Waals surface area contributed by atoms with Crippen molar-refractivity contribution in [2.75, 3.05) is 19.8 Å². The molecule has 0 spiro atoms. The molecule has 0 bridgehead atoms. The number of ether oxygens (including phenoxy) is 2. The molecule has 2 aliphatic rings. The number of nitrogens with one attached hydrogen (secondary N) is 1. The van der Waals surface area contributed by atoms with Crippen molar-refractivity contribution >= 4 is 5.91 Å². The van der Waals surface area contributed by atoms with E-state index in [4.69, 9.17) is 15.2 Å². The van der Waals surface area contributed by atoms with Crippen LogP contribution in [-0.2, 0) is 0 Å². The third kappa shape index (κ3) is 2.97. The van der Waals surface area contributed by atoms with Crippen LogP contribution in [0.3, 0.4) is 0 Å². The third-order valence-electron chi connectivity index (χ3n) is 4.35. The summed E-state index contributed by atoms with van der Waals surface area (Å²) in [6, 6.07) is 5.45. The van der Waals surface area contributed by atoms with Gasteiger partial charge in [0.25, 0.3) is 5.91 Å². The van der Waals surface area contributed by atoms with E-state index >= 15 is 0 Å². The average Bonchev–Trinajstić information content (AvgIpc) is 3.06. The van der Waals surface area contributed by atoms with E-state index in [9.17, 15) is 4.79 Å². The van der Waals surface area contributed by atoms with Gasteiger partial charge in [0.15, 0.2) is 11.5 Å². The molecule has 1 aliphatic heterocycles. The van der Waals surface area contributed by atoms with Crippen LogP contribution >= 0.6 is 0 Å².